The first kappa shape index (κ1) is 9.79. The van der Waals surface area contributed by atoms with E-state index in [0.29, 0.717) is 10.4 Å². The minimum Gasteiger partial charge on any atom is -0.481 e. The summed E-state index contributed by atoms with van der Waals surface area (Å²) < 4.78 is 10.0. The number of amides is 1. The Balaban J connectivity index is 2.96. The van der Waals surface area contributed by atoms with Crippen molar-refractivity contribution in [2.75, 3.05) is 7.11 Å². The molecule has 0 bridgehead atoms. The van der Waals surface area contributed by atoms with Gasteiger partial charge in [-0.1, -0.05) is 0 Å². The predicted octanol–water partition coefficient (Wildman–Crippen LogP) is 1.31. The van der Waals surface area contributed by atoms with Gasteiger partial charge in [0, 0.05) is 12.3 Å². The summed E-state index contributed by atoms with van der Waals surface area (Å²) in [5.74, 6) is 0.624. The molecule has 2 N–H and O–H groups in total. The molecule has 0 aromatic carbocycles. The van der Waals surface area contributed by atoms with Crippen LogP contribution in [0.15, 0.2) is 16.7 Å². The largest absolute Gasteiger partial charge is 0.481 e. The summed E-state index contributed by atoms with van der Waals surface area (Å²) in [6.07, 6.45) is 0.575. The van der Waals surface area contributed by atoms with Gasteiger partial charge in [0.25, 0.3) is 0 Å². The Kier molecular flexibility index (Phi) is 3.07. The lowest BCUT2D eigenvalue weighted by Gasteiger charge is -2.04. The van der Waals surface area contributed by atoms with Crippen LogP contribution in [0.2, 0.25) is 0 Å². The van der Waals surface area contributed by atoms with E-state index >= 15 is 0 Å². The van der Waals surface area contributed by atoms with Crippen LogP contribution >= 0.6 is 15.9 Å². The Morgan fingerprint density at radius 2 is 2.38 bits per heavy atom. The molecule has 6 heteroatoms. The van der Waals surface area contributed by atoms with Gasteiger partial charge in [-0.05, 0) is 15.9 Å². The lowest BCUT2D eigenvalue weighted by molar-refractivity contribution is 0.210. The molecule has 1 aromatic heterocycles. The fourth-order valence-corrected chi connectivity index (χ4v) is 0.998. The van der Waals surface area contributed by atoms with Crippen molar-refractivity contribution in [3.8, 4) is 11.6 Å². The van der Waals surface area contributed by atoms with Crippen molar-refractivity contribution < 1.29 is 14.3 Å². The first-order chi connectivity index (χ1) is 6.13. The molecule has 1 heterocycles. The number of rotatable bonds is 2. The van der Waals surface area contributed by atoms with Gasteiger partial charge in [-0.25, -0.2) is 9.78 Å². The molecule has 1 rings (SSSR count). The van der Waals surface area contributed by atoms with E-state index in [2.05, 4.69) is 25.7 Å². The fourth-order valence-electron chi connectivity index (χ4n) is 0.700. The van der Waals surface area contributed by atoms with Crippen molar-refractivity contribution in [2.24, 2.45) is 5.73 Å². The molecule has 0 aliphatic carbocycles. The third kappa shape index (κ3) is 2.59. The van der Waals surface area contributed by atoms with Crippen LogP contribution in [0.1, 0.15) is 0 Å². The van der Waals surface area contributed by atoms with Crippen LogP contribution in [0.3, 0.4) is 0 Å². The summed E-state index contributed by atoms with van der Waals surface area (Å²) in [5, 5.41) is 0. The Hall–Kier alpha value is -1.30. The van der Waals surface area contributed by atoms with Crippen molar-refractivity contribution in [2.45, 2.75) is 0 Å². The molecule has 0 saturated carbocycles. The van der Waals surface area contributed by atoms with Crippen molar-refractivity contribution in [1.29, 1.82) is 0 Å². The zero-order valence-electron chi connectivity index (χ0n) is 6.78. The van der Waals surface area contributed by atoms with Crippen LogP contribution in [-0.4, -0.2) is 18.2 Å². The van der Waals surface area contributed by atoms with Crippen LogP contribution in [0, 0.1) is 0 Å². The van der Waals surface area contributed by atoms with Crippen molar-refractivity contribution in [3.05, 3.63) is 16.7 Å². The second-order valence-electron chi connectivity index (χ2n) is 2.08. The molecule has 0 radical (unpaired) electrons. The first-order valence-corrected chi connectivity index (χ1v) is 4.09. The standard InChI is InChI=1S/C7H7BrN2O3/c1-12-6-2-5(13-7(9)11)4(8)3-10-6/h2-3H,1H3,(H2,9,11). The monoisotopic (exact) mass is 246 g/mol. The molecule has 13 heavy (non-hydrogen) atoms. The summed E-state index contributed by atoms with van der Waals surface area (Å²) in [4.78, 5) is 14.3. The predicted molar refractivity (Wildman–Crippen MR) is 48.7 cm³/mol. The van der Waals surface area contributed by atoms with E-state index in [1.165, 1.54) is 19.4 Å². The average molecular weight is 247 g/mol. The number of methoxy groups -OCH3 is 1. The highest BCUT2D eigenvalue weighted by atomic mass is 79.9. The number of aromatic nitrogens is 1. The minimum absolute atomic E-state index is 0.277. The molecule has 0 saturated heterocycles. The molecule has 1 aromatic rings. The maximum atomic E-state index is 10.4. The second kappa shape index (κ2) is 4.08. The van der Waals surface area contributed by atoms with Gasteiger partial charge in [0.1, 0.15) is 0 Å². The van der Waals surface area contributed by atoms with E-state index in [0.717, 1.165) is 0 Å². The highest BCUT2D eigenvalue weighted by molar-refractivity contribution is 9.10. The maximum Gasteiger partial charge on any atom is 0.410 e. The summed E-state index contributed by atoms with van der Waals surface area (Å²) in [5.41, 5.74) is 4.84. The van der Waals surface area contributed by atoms with Gasteiger partial charge in [-0.3, -0.25) is 0 Å². The van der Waals surface area contributed by atoms with Gasteiger partial charge >= 0.3 is 6.09 Å². The normalized spacial score (nSPS) is 9.38. The maximum absolute atomic E-state index is 10.4. The van der Waals surface area contributed by atoms with E-state index in [1.807, 2.05) is 0 Å². The number of primary amides is 1. The Morgan fingerprint density at radius 3 is 2.92 bits per heavy atom. The van der Waals surface area contributed by atoms with E-state index in [9.17, 15) is 4.79 Å². The molecule has 0 spiro atoms. The number of pyridine rings is 1. The minimum atomic E-state index is -0.881. The van der Waals surface area contributed by atoms with Crippen LogP contribution in [0.5, 0.6) is 11.6 Å². The molecule has 1 amide bonds. The van der Waals surface area contributed by atoms with Crippen LogP contribution in [0.25, 0.3) is 0 Å². The third-order valence-corrected chi connectivity index (χ3v) is 1.81. The number of carbonyl (C=O) groups excluding carboxylic acids is 1. The zero-order chi connectivity index (χ0) is 9.84. The number of nitrogens with two attached hydrogens (primary N) is 1. The molecule has 0 fully saturated rings. The Bertz CT molecular complexity index is 330. The highest BCUT2D eigenvalue weighted by Crippen LogP contribution is 2.26. The molecule has 0 unspecified atom stereocenters. The van der Waals surface area contributed by atoms with Crippen molar-refractivity contribution in [1.82, 2.24) is 4.98 Å². The summed E-state index contributed by atoms with van der Waals surface area (Å²) >= 11 is 3.14. The SMILES string of the molecule is COc1cc(OC(N)=O)c(Br)cn1. The fraction of sp³-hybridized carbons (Fsp3) is 0.143. The Morgan fingerprint density at radius 1 is 1.69 bits per heavy atom. The average Bonchev–Trinajstić information content (AvgIpc) is 2.08. The Labute approximate surface area is 83.0 Å². The first-order valence-electron chi connectivity index (χ1n) is 3.30. The van der Waals surface area contributed by atoms with Gasteiger partial charge < -0.3 is 15.2 Å². The van der Waals surface area contributed by atoms with Crippen molar-refractivity contribution >= 4 is 22.0 Å². The van der Waals surface area contributed by atoms with Gasteiger partial charge in [0.2, 0.25) is 5.88 Å². The lowest BCUT2D eigenvalue weighted by Crippen LogP contribution is -2.16. The molecule has 0 atom stereocenters. The molecule has 70 valence electrons. The van der Waals surface area contributed by atoms with E-state index in [-0.39, 0.29) is 5.75 Å². The molecule has 0 aliphatic rings. The van der Waals surface area contributed by atoms with Crippen LogP contribution < -0.4 is 15.2 Å². The smallest absolute Gasteiger partial charge is 0.410 e. The number of carbonyl (C=O) groups is 1. The topological polar surface area (TPSA) is 74.4 Å². The molecular formula is C7H7BrN2O3. The number of hydrogen-bond donors (Lipinski definition) is 1. The summed E-state index contributed by atoms with van der Waals surface area (Å²) in [6.45, 7) is 0. The van der Waals surface area contributed by atoms with Crippen LogP contribution in [-0.2, 0) is 0 Å². The zero-order valence-corrected chi connectivity index (χ0v) is 8.37. The lowest BCUT2D eigenvalue weighted by atomic mass is 10.4. The van der Waals surface area contributed by atoms with Gasteiger partial charge in [0.15, 0.2) is 5.75 Å². The van der Waals surface area contributed by atoms with Crippen molar-refractivity contribution in [3.63, 3.8) is 0 Å². The summed E-state index contributed by atoms with van der Waals surface area (Å²) in [7, 11) is 1.46. The van der Waals surface area contributed by atoms with Gasteiger partial charge in [-0.15, -0.1) is 0 Å². The third-order valence-electron chi connectivity index (χ3n) is 1.21. The van der Waals surface area contributed by atoms with E-state index in [1.54, 1.807) is 0 Å². The number of nitrogens with zero attached hydrogens (tertiary/aromatic N) is 1. The van der Waals surface area contributed by atoms with E-state index in [4.69, 9.17) is 10.5 Å². The summed E-state index contributed by atoms with van der Waals surface area (Å²) in [6, 6.07) is 1.45. The quantitative estimate of drug-likeness (QED) is 0.854. The number of hydrogen-bond acceptors (Lipinski definition) is 4. The second-order valence-corrected chi connectivity index (χ2v) is 2.93. The molecule has 0 aliphatic heterocycles. The van der Waals surface area contributed by atoms with E-state index < -0.39 is 6.09 Å². The van der Waals surface area contributed by atoms with Crippen LogP contribution in [0.4, 0.5) is 4.79 Å². The number of halogens is 1. The highest BCUT2D eigenvalue weighted by Gasteiger charge is 2.06. The molecule has 5 nitrogen and oxygen atoms in total. The number of ether oxygens (including phenoxy) is 2. The van der Waals surface area contributed by atoms with Gasteiger partial charge in [-0.2, -0.15) is 0 Å². The van der Waals surface area contributed by atoms with Gasteiger partial charge in [0.05, 0.1) is 11.6 Å². The molecular weight excluding hydrogens is 240 g/mol.